The summed E-state index contributed by atoms with van der Waals surface area (Å²) in [7, 11) is 1.32. The van der Waals surface area contributed by atoms with Crippen molar-refractivity contribution in [2.24, 2.45) is 0 Å². The van der Waals surface area contributed by atoms with E-state index in [1.807, 2.05) is 0 Å². The Labute approximate surface area is 91.7 Å². The molecule has 0 saturated heterocycles. The maximum Gasteiger partial charge on any atom is 0.165 e. The molecule has 0 aliphatic carbocycles. The van der Waals surface area contributed by atoms with Gasteiger partial charge in [0.15, 0.2) is 17.3 Å². The predicted molar refractivity (Wildman–Crippen MR) is 51.5 cm³/mol. The van der Waals surface area contributed by atoms with Crippen molar-refractivity contribution in [1.29, 1.82) is 0 Å². The number of benzene rings is 1. The molecule has 86 valence electrons. The highest BCUT2D eigenvalue weighted by molar-refractivity contribution is 5.97. The minimum absolute atomic E-state index is 0.0384. The number of Topliss-reactive ketones (excluding diaryl/α,β-unsaturated/α-hetero) is 1. The van der Waals surface area contributed by atoms with E-state index in [1.165, 1.54) is 19.2 Å². The first-order valence-corrected chi connectivity index (χ1v) is 4.61. The number of carbonyl (C=O) groups excluding carboxylic acids is 2. The maximum atomic E-state index is 13.2. The Bertz CT molecular complexity index is 414. The van der Waals surface area contributed by atoms with Crippen LogP contribution in [0.2, 0.25) is 0 Å². The van der Waals surface area contributed by atoms with Crippen LogP contribution in [0.25, 0.3) is 0 Å². The molecular weight excluding hydrogens is 215 g/mol. The van der Waals surface area contributed by atoms with E-state index in [0.29, 0.717) is 0 Å². The molecule has 0 saturated carbocycles. The smallest absolute Gasteiger partial charge is 0.165 e. The molecule has 1 aromatic carbocycles. The summed E-state index contributed by atoms with van der Waals surface area (Å²) >= 11 is 0. The lowest BCUT2D eigenvalue weighted by molar-refractivity contribution is -0.305. The van der Waals surface area contributed by atoms with Crippen molar-refractivity contribution in [2.45, 2.75) is 12.8 Å². The zero-order chi connectivity index (χ0) is 12.1. The number of ether oxygens (including phenoxy) is 1. The van der Waals surface area contributed by atoms with Crippen LogP contribution < -0.4 is 9.84 Å². The fourth-order valence-corrected chi connectivity index (χ4v) is 1.20. The molecule has 4 nitrogen and oxygen atoms in total. The lowest BCUT2D eigenvalue weighted by atomic mass is 10.1. The van der Waals surface area contributed by atoms with Gasteiger partial charge in [0.1, 0.15) is 0 Å². The summed E-state index contributed by atoms with van der Waals surface area (Å²) in [6, 6.07) is 3.73. The van der Waals surface area contributed by atoms with E-state index in [1.54, 1.807) is 0 Å². The first-order valence-electron chi connectivity index (χ1n) is 4.61. The highest BCUT2D eigenvalue weighted by Gasteiger charge is 2.09. The van der Waals surface area contributed by atoms with Crippen LogP contribution in [0.1, 0.15) is 23.2 Å². The molecule has 0 aliphatic rings. The minimum Gasteiger partial charge on any atom is -0.550 e. The third kappa shape index (κ3) is 3.05. The molecule has 1 aromatic rings. The summed E-state index contributed by atoms with van der Waals surface area (Å²) < 4.78 is 17.9. The lowest BCUT2D eigenvalue weighted by Crippen LogP contribution is -2.22. The third-order valence-corrected chi connectivity index (χ3v) is 2.03. The topological polar surface area (TPSA) is 66.4 Å². The van der Waals surface area contributed by atoms with E-state index < -0.39 is 17.6 Å². The first kappa shape index (κ1) is 12.2. The van der Waals surface area contributed by atoms with Gasteiger partial charge in [-0.15, -0.1) is 0 Å². The molecule has 0 spiro atoms. The Morgan fingerprint density at radius 3 is 2.56 bits per heavy atom. The Balaban J connectivity index is 2.77. The number of aliphatic carboxylic acids is 1. The average Bonchev–Trinajstić information content (AvgIpc) is 2.25. The number of carboxylic acid groups (broad SMARTS) is 1. The molecular formula is C11H10FO4-. The quantitative estimate of drug-likeness (QED) is 0.686. The van der Waals surface area contributed by atoms with E-state index >= 15 is 0 Å². The number of carbonyl (C=O) groups is 2. The van der Waals surface area contributed by atoms with Crippen LogP contribution in [0.4, 0.5) is 4.39 Å². The van der Waals surface area contributed by atoms with Crippen molar-refractivity contribution in [3.8, 4) is 5.75 Å². The number of halogens is 1. The predicted octanol–water partition coefficient (Wildman–Crippen LogP) is 0.547. The van der Waals surface area contributed by atoms with Gasteiger partial charge in [-0.05, 0) is 24.6 Å². The van der Waals surface area contributed by atoms with Crippen LogP contribution in [0.3, 0.4) is 0 Å². The van der Waals surface area contributed by atoms with Crippen molar-refractivity contribution < 1.29 is 23.8 Å². The van der Waals surface area contributed by atoms with Crippen LogP contribution in [0, 0.1) is 5.82 Å². The third-order valence-electron chi connectivity index (χ3n) is 2.03. The number of ketones is 1. The number of hydrogen-bond donors (Lipinski definition) is 0. The summed E-state index contributed by atoms with van der Waals surface area (Å²) in [5.41, 5.74) is 0.125. The first-order chi connectivity index (χ1) is 7.54. The molecule has 0 heterocycles. The standard InChI is InChI=1S/C11H11FO4/c1-16-10-4-2-7(6-8(10)12)9(13)3-5-11(14)15/h2,4,6H,3,5H2,1H3,(H,14,15)/p-1. The van der Waals surface area contributed by atoms with Crippen molar-refractivity contribution >= 4 is 11.8 Å². The fraction of sp³-hybridized carbons (Fsp3) is 0.273. The Morgan fingerprint density at radius 1 is 1.38 bits per heavy atom. The highest BCUT2D eigenvalue weighted by atomic mass is 19.1. The van der Waals surface area contributed by atoms with Gasteiger partial charge in [-0.1, -0.05) is 0 Å². The SMILES string of the molecule is COc1ccc(C(=O)CCC(=O)[O-])cc1F. The van der Waals surface area contributed by atoms with E-state index in [-0.39, 0.29) is 24.2 Å². The van der Waals surface area contributed by atoms with Gasteiger partial charge in [0.2, 0.25) is 0 Å². The zero-order valence-corrected chi connectivity index (χ0v) is 8.66. The average molecular weight is 225 g/mol. The van der Waals surface area contributed by atoms with Crippen molar-refractivity contribution in [3.05, 3.63) is 29.6 Å². The summed E-state index contributed by atoms with van der Waals surface area (Å²) in [5.74, 6) is -2.36. The van der Waals surface area contributed by atoms with Gasteiger partial charge < -0.3 is 14.6 Å². The molecule has 0 unspecified atom stereocenters. The van der Waals surface area contributed by atoms with Crippen molar-refractivity contribution in [2.75, 3.05) is 7.11 Å². The van der Waals surface area contributed by atoms with Crippen molar-refractivity contribution in [3.63, 3.8) is 0 Å². The van der Waals surface area contributed by atoms with Crippen molar-refractivity contribution in [1.82, 2.24) is 0 Å². The molecule has 0 aliphatic heterocycles. The van der Waals surface area contributed by atoms with Gasteiger partial charge in [0.05, 0.1) is 7.11 Å². The number of hydrogen-bond acceptors (Lipinski definition) is 4. The summed E-state index contributed by atoms with van der Waals surface area (Å²) in [5, 5.41) is 10.1. The summed E-state index contributed by atoms with van der Waals surface area (Å²) in [4.78, 5) is 21.5. The Morgan fingerprint density at radius 2 is 2.06 bits per heavy atom. The second kappa shape index (κ2) is 5.25. The summed E-state index contributed by atoms with van der Waals surface area (Å²) in [6.07, 6.45) is -0.569. The molecule has 5 heteroatoms. The van der Waals surface area contributed by atoms with Gasteiger partial charge in [-0.3, -0.25) is 4.79 Å². The number of carboxylic acids is 1. The van der Waals surface area contributed by atoms with Crippen LogP contribution >= 0.6 is 0 Å². The van der Waals surface area contributed by atoms with Crippen LogP contribution in [0.15, 0.2) is 18.2 Å². The monoisotopic (exact) mass is 225 g/mol. The van der Waals surface area contributed by atoms with Gasteiger partial charge in [0.25, 0.3) is 0 Å². The minimum atomic E-state index is -1.30. The zero-order valence-electron chi connectivity index (χ0n) is 8.66. The molecule has 0 radical (unpaired) electrons. The van der Waals surface area contributed by atoms with E-state index in [0.717, 1.165) is 6.07 Å². The summed E-state index contributed by atoms with van der Waals surface area (Å²) in [6.45, 7) is 0. The molecule has 0 aromatic heterocycles. The lowest BCUT2D eigenvalue weighted by Gasteiger charge is -2.05. The molecule has 0 fully saturated rings. The van der Waals surface area contributed by atoms with Crippen LogP contribution in [-0.4, -0.2) is 18.9 Å². The highest BCUT2D eigenvalue weighted by Crippen LogP contribution is 2.18. The molecule has 0 N–H and O–H groups in total. The van der Waals surface area contributed by atoms with Gasteiger partial charge in [0, 0.05) is 18.0 Å². The van der Waals surface area contributed by atoms with E-state index in [2.05, 4.69) is 4.74 Å². The largest absolute Gasteiger partial charge is 0.550 e. The van der Waals surface area contributed by atoms with Crippen LogP contribution in [0.5, 0.6) is 5.75 Å². The fourth-order valence-electron chi connectivity index (χ4n) is 1.20. The normalized spacial score (nSPS) is 9.88. The second-order valence-electron chi connectivity index (χ2n) is 3.14. The number of rotatable bonds is 5. The molecule has 0 bridgehead atoms. The maximum absolute atomic E-state index is 13.2. The van der Waals surface area contributed by atoms with Gasteiger partial charge >= 0.3 is 0 Å². The molecule has 0 amide bonds. The van der Waals surface area contributed by atoms with E-state index in [4.69, 9.17) is 0 Å². The Kier molecular flexibility index (Phi) is 3.99. The number of methoxy groups -OCH3 is 1. The molecule has 0 atom stereocenters. The Hall–Kier alpha value is -1.91. The van der Waals surface area contributed by atoms with Gasteiger partial charge in [-0.2, -0.15) is 0 Å². The van der Waals surface area contributed by atoms with Crippen LogP contribution in [-0.2, 0) is 4.79 Å². The van der Waals surface area contributed by atoms with Gasteiger partial charge in [-0.25, -0.2) is 4.39 Å². The second-order valence-corrected chi connectivity index (χ2v) is 3.14. The van der Waals surface area contributed by atoms with E-state index in [9.17, 15) is 19.1 Å². The molecule has 16 heavy (non-hydrogen) atoms. The molecule has 1 rings (SSSR count).